The van der Waals surface area contributed by atoms with Crippen molar-refractivity contribution in [2.75, 3.05) is 5.32 Å². The van der Waals surface area contributed by atoms with Gasteiger partial charge in [-0.2, -0.15) is 27.1 Å². The van der Waals surface area contributed by atoms with Gasteiger partial charge in [-0.05, 0) is 31.2 Å². The second-order valence-electron chi connectivity index (χ2n) is 7.49. The number of rotatable bonds is 5. The fourth-order valence-corrected chi connectivity index (χ4v) is 3.50. The van der Waals surface area contributed by atoms with Crippen molar-refractivity contribution in [2.24, 2.45) is 0 Å². The lowest BCUT2D eigenvalue weighted by Crippen LogP contribution is -2.36. The van der Waals surface area contributed by atoms with Gasteiger partial charge in [-0.25, -0.2) is 9.50 Å². The number of nitrogens with zero attached hydrogens (tertiary/aromatic N) is 3. The van der Waals surface area contributed by atoms with Crippen LogP contribution < -0.4 is 5.32 Å². The van der Waals surface area contributed by atoms with Crippen molar-refractivity contribution < 1.29 is 31.5 Å². The molecule has 1 N–H and O–H groups in total. The molecule has 0 radical (unpaired) electrons. The van der Waals surface area contributed by atoms with Crippen LogP contribution in [0.25, 0.3) is 5.65 Å². The van der Waals surface area contributed by atoms with Gasteiger partial charge in [0.05, 0.1) is 5.69 Å². The molecule has 0 fully saturated rings. The van der Waals surface area contributed by atoms with E-state index in [2.05, 4.69) is 15.4 Å². The Morgan fingerprint density at radius 3 is 2.31 bits per heavy atom. The lowest BCUT2D eigenvalue weighted by atomic mass is 10.0. The maximum absolute atomic E-state index is 14.1. The zero-order chi connectivity index (χ0) is 25.5. The van der Waals surface area contributed by atoms with Gasteiger partial charge in [0.1, 0.15) is 5.69 Å². The number of aromatic nitrogens is 3. The van der Waals surface area contributed by atoms with Crippen LogP contribution in [0.4, 0.5) is 27.6 Å². The Morgan fingerprint density at radius 2 is 1.66 bits per heavy atom. The highest BCUT2D eigenvalue weighted by atomic mass is 35.5. The molecule has 2 heterocycles. The number of hydrogen-bond acceptors (Lipinski definition) is 4. The molecule has 2 aromatic carbocycles. The van der Waals surface area contributed by atoms with Crippen LogP contribution in [0.5, 0.6) is 0 Å². The van der Waals surface area contributed by atoms with Gasteiger partial charge in [-0.1, -0.05) is 41.9 Å². The number of nitrogens with one attached hydrogen (secondary N) is 1. The van der Waals surface area contributed by atoms with Crippen LogP contribution in [0.3, 0.4) is 0 Å². The van der Waals surface area contributed by atoms with Gasteiger partial charge < -0.3 is 5.32 Å². The maximum Gasteiger partial charge on any atom is 0.459 e. The monoisotopic (exact) mass is 508 g/mol. The van der Waals surface area contributed by atoms with E-state index in [1.54, 1.807) is 30.3 Å². The van der Waals surface area contributed by atoms with Crippen molar-refractivity contribution >= 4 is 34.6 Å². The predicted octanol–water partition coefficient (Wildman–Crippen LogP) is 5.83. The molecule has 0 aliphatic rings. The standard InChI is InChI=1S/C23H14ClF5N4O2/c1-12-9-18(22(25,26)23(27,28)29)33-19(30-12)11-17(32-33)21(35)31-16-8-7-14(24)10-15(16)20(34)13-5-3-2-4-6-13/h2-11H,1H3,(H,31,35). The SMILES string of the molecule is Cc1cc(C(F)(F)C(F)(F)F)n2nc(C(=O)Nc3ccc(Cl)cc3C(=O)c3ccccc3)cc2n1. The Morgan fingerprint density at radius 1 is 0.971 bits per heavy atom. The number of fused-ring (bicyclic) bond motifs is 1. The number of carbonyl (C=O) groups excluding carboxylic acids is 2. The third-order valence-corrected chi connectivity index (χ3v) is 5.21. The largest absolute Gasteiger partial charge is 0.459 e. The molecule has 35 heavy (non-hydrogen) atoms. The van der Waals surface area contributed by atoms with Crippen LogP contribution in [-0.2, 0) is 5.92 Å². The van der Waals surface area contributed by atoms with E-state index in [1.807, 2.05) is 0 Å². The Hall–Kier alpha value is -3.86. The fourth-order valence-electron chi connectivity index (χ4n) is 3.32. The van der Waals surface area contributed by atoms with Crippen LogP contribution in [0.1, 0.15) is 37.8 Å². The summed E-state index contributed by atoms with van der Waals surface area (Å²) < 4.78 is 67.5. The van der Waals surface area contributed by atoms with E-state index >= 15 is 0 Å². The molecule has 12 heteroatoms. The van der Waals surface area contributed by atoms with Gasteiger partial charge in [-0.15, -0.1) is 0 Å². The summed E-state index contributed by atoms with van der Waals surface area (Å²) in [5, 5.41) is 6.28. The Balaban J connectivity index is 1.73. The molecule has 4 aromatic rings. The van der Waals surface area contributed by atoms with Gasteiger partial charge in [-0.3, -0.25) is 9.59 Å². The van der Waals surface area contributed by atoms with Crippen LogP contribution in [0.2, 0.25) is 5.02 Å². The first-order valence-corrected chi connectivity index (χ1v) is 10.3. The Bertz CT molecular complexity index is 1450. The summed E-state index contributed by atoms with van der Waals surface area (Å²) in [4.78, 5) is 29.7. The topological polar surface area (TPSA) is 76.4 Å². The molecular weight excluding hydrogens is 495 g/mol. The number of benzene rings is 2. The molecule has 0 saturated heterocycles. The molecule has 6 nitrogen and oxygen atoms in total. The first-order chi connectivity index (χ1) is 16.4. The second-order valence-corrected chi connectivity index (χ2v) is 7.93. The second kappa shape index (κ2) is 8.73. The smallest absolute Gasteiger partial charge is 0.320 e. The van der Waals surface area contributed by atoms with Crippen molar-refractivity contribution in [2.45, 2.75) is 19.0 Å². The number of aryl methyl sites for hydroxylation is 1. The number of amides is 1. The number of halogens is 6. The molecule has 0 aliphatic heterocycles. The highest BCUT2D eigenvalue weighted by Gasteiger charge is 2.60. The van der Waals surface area contributed by atoms with Gasteiger partial charge in [0, 0.05) is 27.9 Å². The molecule has 0 saturated carbocycles. The minimum Gasteiger partial charge on any atom is -0.320 e. The summed E-state index contributed by atoms with van der Waals surface area (Å²) in [6, 6.07) is 13.8. The summed E-state index contributed by atoms with van der Waals surface area (Å²) in [6.45, 7) is 1.23. The lowest BCUT2D eigenvalue weighted by molar-refractivity contribution is -0.291. The van der Waals surface area contributed by atoms with Crippen molar-refractivity contribution in [3.05, 3.63) is 93.9 Å². The third-order valence-electron chi connectivity index (χ3n) is 4.98. The zero-order valence-corrected chi connectivity index (χ0v) is 18.5. The van der Waals surface area contributed by atoms with Gasteiger partial charge in [0.2, 0.25) is 0 Å². The predicted molar refractivity (Wildman–Crippen MR) is 117 cm³/mol. The quantitative estimate of drug-likeness (QED) is 0.272. The van der Waals surface area contributed by atoms with Gasteiger partial charge in [0.15, 0.2) is 17.1 Å². The Kier molecular flexibility index (Phi) is 6.05. The van der Waals surface area contributed by atoms with Crippen LogP contribution in [0.15, 0.2) is 60.7 Å². The summed E-state index contributed by atoms with van der Waals surface area (Å²) in [5.74, 6) is -6.66. The van der Waals surface area contributed by atoms with Crippen LogP contribution >= 0.6 is 11.6 Å². The maximum atomic E-state index is 14.1. The summed E-state index contributed by atoms with van der Waals surface area (Å²) in [7, 11) is 0. The van der Waals surface area contributed by atoms with Crippen molar-refractivity contribution in [3.8, 4) is 0 Å². The summed E-state index contributed by atoms with van der Waals surface area (Å²) in [6.07, 6.45) is -5.89. The van der Waals surface area contributed by atoms with E-state index in [-0.39, 0.29) is 32.1 Å². The summed E-state index contributed by atoms with van der Waals surface area (Å²) in [5.41, 5.74) is -2.10. The molecular formula is C23H14ClF5N4O2. The Labute approximate surface area is 199 Å². The first kappa shape index (κ1) is 24.3. The van der Waals surface area contributed by atoms with E-state index in [0.717, 1.165) is 6.07 Å². The highest BCUT2D eigenvalue weighted by Crippen LogP contribution is 2.43. The third kappa shape index (κ3) is 4.59. The van der Waals surface area contributed by atoms with Crippen molar-refractivity contribution in [1.29, 1.82) is 0 Å². The average Bonchev–Trinajstić information content (AvgIpc) is 3.23. The molecule has 4 rings (SSSR count). The molecule has 0 spiro atoms. The lowest BCUT2D eigenvalue weighted by Gasteiger charge is -2.20. The number of ketones is 1. The molecule has 2 aromatic heterocycles. The molecule has 180 valence electrons. The zero-order valence-electron chi connectivity index (χ0n) is 17.7. The highest BCUT2D eigenvalue weighted by molar-refractivity contribution is 6.31. The summed E-state index contributed by atoms with van der Waals surface area (Å²) >= 11 is 6.02. The molecule has 0 bridgehead atoms. The minimum absolute atomic E-state index is 0.0373. The van der Waals surface area contributed by atoms with E-state index in [9.17, 15) is 31.5 Å². The molecule has 0 atom stereocenters. The van der Waals surface area contributed by atoms with E-state index in [1.165, 1.54) is 25.1 Å². The first-order valence-electron chi connectivity index (χ1n) is 9.91. The average molecular weight is 509 g/mol. The number of alkyl halides is 5. The number of hydrogen-bond donors (Lipinski definition) is 1. The van der Waals surface area contributed by atoms with Crippen LogP contribution in [0, 0.1) is 6.92 Å². The molecule has 1 amide bonds. The number of anilines is 1. The fraction of sp³-hybridized carbons (Fsp3) is 0.130. The number of carbonyl (C=O) groups is 2. The van der Waals surface area contributed by atoms with E-state index in [0.29, 0.717) is 11.6 Å². The van der Waals surface area contributed by atoms with Crippen molar-refractivity contribution in [1.82, 2.24) is 14.6 Å². The minimum atomic E-state index is -5.89. The van der Waals surface area contributed by atoms with Crippen molar-refractivity contribution in [3.63, 3.8) is 0 Å². The molecule has 0 aliphatic carbocycles. The molecule has 0 unspecified atom stereocenters. The van der Waals surface area contributed by atoms with E-state index < -0.39 is 35.2 Å². The van der Waals surface area contributed by atoms with Gasteiger partial charge in [0.25, 0.3) is 5.91 Å². The van der Waals surface area contributed by atoms with Crippen LogP contribution in [-0.4, -0.2) is 32.5 Å². The normalized spacial score (nSPS) is 12.1. The van der Waals surface area contributed by atoms with E-state index in [4.69, 9.17) is 11.6 Å². The van der Waals surface area contributed by atoms with Gasteiger partial charge >= 0.3 is 12.1 Å².